The van der Waals surface area contributed by atoms with Crippen LogP contribution in [0.15, 0.2) is 23.1 Å². The molecule has 0 aliphatic carbocycles. The predicted molar refractivity (Wildman–Crippen MR) is 76.3 cm³/mol. The molecule has 1 atom stereocenters. The maximum atomic E-state index is 13.8. The summed E-state index contributed by atoms with van der Waals surface area (Å²) in [4.78, 5) is -0.217. The van der Waals surface area contributed by atoms with Gasteiger partial charge < -0.3 is 5.73 Å². The molecule has 20 heavy (non-hydrogen) atoms. The van der Waals surface area contributed by atoms with Crippen molar-refractivity contribution in [2.24, 2.45) is 11.7 Å². The first-order valence-corrected chi connectivity index (χ1v) is 8.35. The fraction of sp³-hybridized carbons (Fsp3) is 0.571. The Morgan fingerprint density at radius 2 is 2.20 bits per heavy atom. The van der Waals surface area contributed by atoms with Crippen molar-refractivity contribution in [3.8, 4) is 0 Å². The molecule has 4 nitrogen and oxygen atoms in total. The second-order valence-corrected chi connectivity index (χ2v) is 7.29. The summed E-state index contributed by atoms with van der Waals surface area (Å²) >= 11 is 0. The minimum absolute atomic E-state index is 0.217. The fourth-order valence-electron chi connectivity index (χ4n) is 2.66. The Kier molecular flexibility index (Phi) is 4.78. The van der Waals surface area contributed by atoms with Gasteiger partial charge in [0.2, 0.25) is 10.0 Å². The molecule has 0 bridgehead atoms. The van der Waals surface area contributed by atoms with Gasteiger partial charge in [-0.2, -0.15) is 4.31 Å². The van der Waals surface area contributed by atoms with Crippen molar-refractivity contribution in [3.05, 3.63) is 29.6 Å². The van der Waals surface area contributed by atoms with Crippen molar-refractivity contribution in [1.82, 2.24) is 4.31 Å². The van der Waals surface area contributed by atoms with Crippen LogP contribution >= 0.6 is 0 Å². The summed E-state index contributed by atoms with van der Waals surface area (Å²) in [6.45, 7) is 3.20. The van der Waals surface area contributed by atoms with Crippen molar-refractivity contribution >= 4 is 10.0 Å². The molecule has 1 aliphatic heterocycles. The number of rotatable bonds is 4. The number of hydrogen-bond donors (Lipinski definition) is 1. The van der Waals surface area contributed by atoms with E-state index in [1.165, 1.54) is 16.4 Å². The molecule has 1 aromatic carbocycles. The minimum atomic E-state index is -3.75. The quantitative estimate of drug-likeness (QED) is 0.923. The van der Waals surface area contributed by atoms with Gasteiger partial charge in [-0.05, 0) is 56.3 Å². The smallest absolute Gasteiger partial charge is 0.246 e. The van der Waals surface area contributed by atoms with E-state index in [4.69, 9.17) is 5.73 Å². The van der Waals surface area contributed by atoms with Crippen molar-refractivity contribution in [1.29, 1.82) is 0 Å². The number of nitrogens with zero attached hydrogens (tertiary/aromatic N) is 1. The summed E-state index contributed by atoms with van der Waals surface area (Å²) in [5, 5.41) is 0. The van der Waals surface area contributed by atoms with Crippen LogP contribution in [0.4, 0.5) is 4.39 Å². The summed E-state index contributed by atoms with van der Waals surface area (Å²) in [6.07, 6.45) is 2.60. The highest BCUT2D eigenvalue weighted by atomic mass is 32.2. The minimum Gasteiger partial charge on any atom is -0.330 e. The normalized spacial score (nSPS) is 21.1. The standard InChI is InChI=1S/C14H21FN2O2S/c1-11-4-5-13(15)14(9-11)20(18,19)17-8-2-3-12(10-17)6-7-16/h4-5,9,12H,2-3,6-8,10,16H2,1H3. The van der Waals surface area contributed by atoms with Crippen LogP contribution in [-0.4, -0.2) is 32.4 Å². The highest BCUT2D eigenvalue weighted by Crippen LogP contribution is 2.27. The second-order valence-electron chi connectivity index (χ2n) is 5.38. The number of benzene rings is 1. The first kappa shape index (κ1) is 15.4. The van der Waals surface area contributed by atoms with E-state index >= 15 is 0 Å². The van der Waals surface area contributed by atoms with E-state index in [0.29, 0.717) is 19.6 Å². The molecule has 6 heteroatoms. The van der Waals surface area contributed by atoms with E-state index in [-0.39, 0.29) is 10.8 Å². The molecular weight excluding hydrogens is 279 g/mol. The molecule has 112 valence electrons. The maximum Gasteiger partial charge on any atom is 0.246 e. The van der Waals surface area contributed by atoms with Gasteiger partial charge in [0.15, 0.2) is 0 Å². The van der Waals surface area contributed by atoms with E-state index in [9.17, 15) is 12.8 Å². The highest BCUT2D eigenvalue weighted by Gasteiger charge is 2.31. The second kappa shape index (κ2) is 6.20. The topological polar surface area (TPSA) is 63.4 Å². The third-order valence-electron chi connectivity index (χ3n) is 3.76. The van der Waals surface area contributed by atoms with E-state index in [0.717, 1.165) is 24.8 Å². The molecule has 1 aromatic rings. The van der Waals surface area contributed by atoms with E-state index in [1.54, 1.807) is 13.0 Å². The lowest BCUT2D eigenvalue weighted by Crippen LogP contribution is -2.40. The van der Waals surface area contributed by atoms with E-state index in [1.807, 2.05) is 0 Å². The van der Waals surface area contributed by atoms with Crippen LogP contribution in [-0.2, 0) is 10.0 Å². The van der Waals surface area contributed by atoms with Gasteiger partial charge in [-0.15, -0.1) is 0 Å². The van der Waals surface area contributed by atoms with Gasteiger partial charge in [0.05, 0.1) is 0 Å². The number of hydrogen-bond acceptors (Lipinski definition) is 3. The van der Waals surface area contributed by atoms with Crippen molar-refractivity contribution in [2.45, 2.75) is 31.1 Å². The van der Waals surface area contributed by atoms with Crippen LogP contribution in [0.5, 0.6) is 0 Å². The summed E-state index contributed by atoms with van der Waals surface area (Å²) in [6, 6.07) is 4.18. The summed E-state index contributed by atoms with van der Waals surface area (Å²) in [7, 11) is -3.75. The van der Waals surface area contributed by atoms with Crippen LogP contribution in [0.2, 0.25) is 0 Å². The molecule has 1 aliphatic rings. The summed E-state index contributed by atoms with van der Waals surface area (Å²) < 4.78 is 40.4. The number of piperidine rings is 1. The Morgan fingerprint density at radius 3 is 2.90 bits per heavy atom. The molecule has 1 unspecified atom stereocenters. The Balaban J connectivity index is 2.27. The zero-order chi connectivity index (χ0) is 14.8. The van der Waals surface area contributed by atoms with Gasteiger partial charge in [-0.1, -0.05) is 6.07 Å². The van der Waals surface area contributed by atoms with Gasteiger partial charge in [0, 0.05) is 13.1 Å². The average Bonchev–Trinajstić information content (AvgIpc) is 2.42. The van der Waals surface area contributed by atoms with Crippen LogP contribution in [0.1, 0.15) is 24.8 Å². The Bertz CT molecular complexity index is 573. The maximum absolute atomic E-state index is 13.8. The number of nitrogens with two attached hydrogens (primary N) is 1. The lowest BCUT2D eigenvalue weighted by molar-refractivity contribution is 0.257. The van der Waals surface area contributed by atoms with Crippen LogP contribution in [0.25, 0.3) is 0 Å². The Hall–Kier alpha value is -0.980. The molecular formula is C14H21FN2O2S. The van der Waals surface area contributed by atoms with Crippen LogP contribution in [0, 0.1) is 18.7 Å². The van der Waals surface area contributed by atoms with Crippen molar-refractivity contribution in [3.63, 3.8) is 0 Å². The largest absolute Gasteiger partial charge is 0.330 e. The monoisotopic (exact) mass is 300 g/mol. The molecule has 1 fully saturated rings. The van der Waals surface area contributed by atoms with Gasteiger partial charge in [-0.3, -0.25) is 0 Å². The van der Waals surface area contributed by atoms with Gasteiger partial charge in [-0.25, -0.2) is 12.8 Å². The number of halogens is 1. The number of sulfonamides is 1. The SMILES string of the molecule is Cc1ccc(F)c(S(=O)(=O)N2CCCC(CCN)C2)c1. The van der Waals surface area contributed by atoms with Gasteiger partial charge in [0.25, 0.3) is 0 Å². The zero-order valence-electron chi connectivity index (χ0n) is 11.7. The number of aryl methyl sites for hydroxylation is 1. The molecule has 0 saturated carbocycles. The molecule has 0 amide bonds. The van der Waals surface area contributed by atoms with Crippen molar-refractivity contribution in [2.75, 3.05) is 19.6 Å². The van der Waals surface area contributed by atoms with Gasteiger partial charge in [0.1, 0.15) is 10.7 Å². The molecule has 1 saturated heterocycles. The van der Waals surface area contributed by atoms with E-state index < -0.39 is 15.8 Å². The third kappa shape index (κ3) is 3.19. The molecule has 0 aromatic heterocycles. The van der Waals surface area contributed by atoms with Crippen LogP contribution < -0.4 is 5.73 Å². The lowest BCUT2D eigenvalue weighted by Gasteiger charge is -2.31. The Morgan fingerprint density at radius 1 is 1.45 bits per heavy atom. The average molecular weight is 300 g/mol. The third-order valence-corrected chi connectivity index (χ3v) is 5.64. The zero-order valence-corrected chi connectivity index (χ0v) is 12.5. The molecule has 0 spiro atoms. The molecule has 1 heterocycles. The van der Waals surface area contributed by atoms with Crippen LogP contribution in [0.3, 0.4) is 0 Å². The first-order chi connectivity index (χ1) is 9.45. The molecule has 0 radical (unpaired) electrons. The highest BCUT2D eigenvalue weighted by molar-refractivity contribution is 7.89. The first-order valence-electron chi connectivity index (χ1n) is 6.91. The Labute approximate surface area is 119 Å². The summed E-state index contributed by atoms with van der Waals surface area (Å²) in [5.41, 5.74) is 6.28. The molecule has 2 N–H and O–H groups in total. The van der Waals surface area contributed by atoms with E-state index in [2.05, 4.69) is 0 Å². The van der Waals surface area contributed by atoms with Crippen molar-refractivity contribution < 1.29 is 12.8 Å². The summed E-state index contributed by atoms with van der Waals surface area (Å²) in [5.74, 6) is -0.409. The predicted octanol–water partition coefficient (Wildman–Crippen LogP) is 1.88. The lowest BCUT2D eigenvalue weighted by atomic mass is 9.96. The fourth-order valence-corrected chi connectivity index (χ4v) is 4.37. The molecule has 2 rings (SSSR count). The van der Waals surface area contributed by atoms with Gasteiger partial charge >= 0.3 is 0 Å².